The van der Waals surface area contributed by atoms with E-state index < -0.39 is 12.0 Å². The number of aryl methyl sites for hydroxylation is 2. The Balaban J connectivity index is 2.91. The summed E-state index contributed by atoms with van der Waals surface area (Å²) < 4.78 is 4.71. The van der Waals surface area contributed by atoms with Crippen LogP contribution in [0.2, 0.25) is 0 Å². The minimum absolute atomic E-state index is 0.0258. The number of hydrogen-bond donors (Lipinski definition) is 1. The van der Waals surface area contributed by atoms with E-state index in [9.17, 15) is 9.59 Å². The average Bonchev–Trinajstić information content (AvgIpc) is 2.34. The van der Waals surface area contributed by atoms with E-state index in [4.69, 9.17) is 4.74 Å². The number of carbonyl (C=O) groups excluding carboxylic acids is 2. The molecule has 0 fully saturated rings. The van der Waals surface area contributed by atoms with Gasteiger partial charge in [-0.1, -0.05) is 31.5 Å². The molecule has 19 heavy (non-hydrogen) atoms. The highest BCUT2D eigenvalue weighted by Gasteiger charge is 2.25. The van der Waals surface area contributed by atoms with Crippen LogP contribution >= 0.6 is 0 Å². The van der Waals surface area contributed by atoms with Crippen LogP contribution in [0.25, 0.3) is 0 Å². The SMILES string of the molecule is COC(=O)C(NC(=O)c1ccc(C)cc1C)C(C)C. The molecule has 1 atom stereocenters. The Morgan fingerprint density at radius 3 is 2.32 bits per heavy atom. The summed E-state index contributed by atoms with van der Waals surface area (Å²) >= 11 is 0. The van der Waals surface area contributed by atoms with Gasteiger partial charge in [0.2, 0.25) is 0 Å². The van der Waals surface area contributed by atoms with Crippen molar-refractivity contribution in [2.75, 3.05) is 7.11 Å². The molecule has 0 saturated carbocycles. The maximum absolute atomic E-state index is 12.2. The van der Waals surface area contributed by atoms with Crippen LogP contribution in [0.4, 0.5) is 0 Å². The number of carbonyl (C=O) groups is 2. The van der Waals surface area contributed by atoms with Crippen LogP contribution in [-0.4, -0.2) is 25.0 Å². The Bertz CT molecular complexity index is 480. The highest BCUT2D eigenvalue weighted by Crippen LogP contribution is 2.12. The van der Waals surface area contributed by atoms with Crippen molar-refractivity contribution in [1.82, 2.24) is 5.32 Å². The minimum atomic E-state index is -0.627. The smallest absolute Gasteiger partial charge is 0.328 e. The van der Waals surface area contributed by atoms with Gasteiger partial charge in [-0.25, -0.2) is 4.79 Å². The van der Waals surface area contributed by atoms with Gasteiger partial charge in [-0.05, 0) is 31.4 Å². The lowest BCUT2D eigenvalue weighted by molar-refractivity contribution is -0.144. The van der Waals surface area contributed by atoms with Gasteiger partial charge in [-0.3, -0.25) is 4.79 Å². The molecule has 0 bridgehead atoms. The fraction of sp³-hybridized carbons (Fsp3) is 0.467. The summed E-state index contributed by atoms with van der Waals surface area (Å²) in [6, 6.07) is 4.97. The fourth-order valence-corrected chi connectivity index (χ4v) is 1.91. The Morgan fingerprint density at radius 1 is 1.21 bits per heavy atom. The van der Waals surface area contributed by atoms with E-state index in [1.165, 1.54) is 7.11 Å². The van der Waals surface area contributed by atoms with E-state index in [2.05, 4.69) is 5.32 Å². The molecule has 1 aromatic rings. The quantitative estimate of drug-likeness (QED) is 0.847. The highest BCUT2D eigenvalue weighted by molar-refractivity contribution is 5.98. The highest BCUT2D eigenvalue weighted by atomic mass is 16.5. The average molecular weight is 263 g/mol. The Hall–Kier alpha value is -1.84. The minimum Gasteiger partial charge on any atom is -0.467 e. The van der Waals surface area contributed by atoms with Gasteiger partial charge in [-0.15, -0.1) is 0 Å². The zero-order valence-corrected chi connectivity index (χ0v) is 12.1. The topological polar surface area (TPSA) is 55.4 Å². The molecule has 1 amide bonds. The molecule has 1 N–H and O–H groups in total. The summed E-state index contributed by atoms with van der Waals surface area (Å²) in [5, 5.41) is 2.73. The molecule has 1 unspecified atom stereocenters. The monoisotopic (exact) mass is 263 g/mol. The van der Waals surface area contributed by atoms with E-state index in [0.717, 1.165) is 11.1 Å². The summed E-state index contributed by atoms with van der Waals surface area (Å²) in [5.41, 5.74) is 2.58. The zero-order chi connectivity index (χ0) is 14.6. The molecule has 0 heterocycles. The summed E-state index contributed by atoms with van der Waals surface area (Å²) in [7, 11) is 1.32. The number of benzene rings is 1. The van der Waals surface area contributed by atoms with Gasteiger partial charge in [-0.2, -0.15) is 0 Å². The Kier molecular flexibility index (Phi) is 5.10. The molecule has 0 spiro atoms. The number of methoxy groups -OCH3 is 1. The molecular formula is C15H21NO3. The third-order valence-corrected chi connectivity index (χ3v) is 3.03. The van der Waals surface area contributed by atoms with Crippen LogP contribution in [0.15, 0.2) is 18.2 Å². The van der Waals surface area contributed by atoms with Gasteiger partial charge in [0.05, 0.1) is 7.11 Å². The van der Waals surface area contributed by atoms with Gasteiger partial charge in [0.15, 0.2) is 0 Å². The van der Waals surface area contributed by atoms with Gasteiger partial charge in [0.1, 0.15) is 6.04 Å². The second kappa shape index (κ2) is 6.36. The van der Waals surface area contributed by atoms with Gasteiger partial charge < -0.3 is 10.1 Å². The molecule has 4 nitrogen and oxygen atoms in total. The number of esters is 1. The third kappa shape index (κ3) is 3.81. The van der Waals surface area contributed by atoms with Crippen molar-refractivity contribution in [2.45, 2.75) is 33.7 Å². The molecule has 0 radical (unpaired) electrons. The molecule has 0 aliphatic heterocycles. The van der Waals surface area contributed by atoms with Crippen LogP contribution in [0.1, 0.15) is 35.3 Å². The van der Waals surface area contributed by atoms with E-state index >= 15 is 0 Å². The molecule has 0 aliphatic carbocycles. The second-order valence-electron chi connectivity index (χ2n) is 5.04. The Labute approximate surface area is 114 Å². The standard InChI is InChI=1S/C15H21NO3/c1-9(2)13(15(18)19-5)16-14(17)12-7-6-10(3)8-11(12)4/h6-9,13H,1-5H3,(H,16,17). The molecule has 1 aromatic carbocycles. The number of hydrogen-bond acceptors (Lipinski definition) is 3. The number of rotatable bonds is 4. The number of ether oxygens (including phenoxy) is 1. The lowest BCUT2D eigenvalue weighted by atomic mass is 10.0. The van der Waals surface area contributed by atoms with Crippen molar-refractivity contribution < 1.29 is 14.3 Å². The maximum Gasteiger partial charge on any atom is 0.328 e. The first-order valence-corrected chi connectivity index (χ1v) is 6.32. The van der Waals surface area contributed by atoms with Crippen molar-refractivity contribution in [3.05, 3.63) is 34.9 Å². The summed E-state index contributed by atoms with van der Waals surface area (Å²) in [6.45, 7) is 7.58. The maximum atomic E-state index is 12.2. The molecule has 1 rings (SSSR count). The first-order chi connectivity index (χ1) is 8.86. The predicted molar refractivity (Wildman–Crippen MR) is 74.0 cm³/mol. The molecular weight excluding hydrogens is 242 g/mol. The molecule has 0 aliphatic rings. The predicted octanol–water partition coefficient (Wildman–Crippen LogP) is 2.23. The van der Waals surface area contributed by atoms with Crippen molar-refractivity contribution in [2.24, 2.45) is 5.92 Å². The first kappa shape index (κ1) is 15.2. The van der Waals surface area contributed by atoms with Gasteiger partial charge in [0.25, 0.3) is 5.91 Å². The van der Waals surface area contributed by atoms with Crippen molar-refractivity contribution in [3.8, 4) is 0 Å². The number of amides is 1. The fourth-order valence-electron chi connectivity index (χ4n) is 1.91. The lowest BCUT2D eigenvalue weighted by Gasteiger charge is -2.20. The van der Waals surface area contributed by atoms with Crippen LogP contribution in [0.3, 0.4) is 0 Å². The first-order valence-electron chi connectivity index (χ1n) is 6.32. The summed E-state index contributed by atoms with van der Waals surface area (Å²) in [4.78, 5) is 23.8. The van der Waals surface area contributed by atoms with Crippen molar-refractivity contribution >= 4 is 11.9 Å². The number of nitrogens with one attached hydrogen (secondary N) is 1. The summed E-state index contributed by atoms with van der Waals surface area (Å²) in [6.07, 6.45) is 0. The van der Waals surface area contributed by atoms with E-state index in [-0.39, 0.29) is 11.8 Å². The second-order valence-corrected chi connectivity index (χ2v) is 5.04. The summed E-state index contributed by atoms with van der Waals surface area (Å²) in [5.74, 6) is -0.697. The van der Waals surface area contributed by atoms with E-state index in [1.807, 2.05) is 39.8 Å². The molecule has 0 aromatic heterocycles. The normalized spacial score (nSPS) is 12.1. The van der Waals surface area contributed by atoms with Crippen molar-refractivity contribution in [1.29, 1.82) is 0 Å². The van der Waals surface area contributed by atoms with E-state index in [1.54, 1.807) is 6.07 Å². The van der Waals surface area contributed by atoms with E-state index in [0.29, 0.717) is 5.56 Å². The Morgan fingerprint density at radius 2 is 1.84 bits per heavy atom. The van der Waals surface area contributed by atoms with Crippen LogP contribution < -0.4 is 5.32 Å². The third-order valence-electron chi connectivity index (χ3n) is 3.03. The van der Waals surface area contributed by atoms with Crippen LogP contribution in [-0.2, 0) is 9.53 Å². The van der Waals surface area contributed by atoms with Crippen molar-refractivity contribution in [3.63, 3.8) is 0 Å². The van der Waals surface area contributed by atoms with Crippen LogP contribution in [0.5, 0.6) is 0 Å². The van der Waals surface area contributed by atoms with Crippen LogP contribution in [0, 0.1) is 19.8 Å². The lowest BCUT2D eigenvalue weighted by Crippen LogP contribution is -2.45. The van der Waals surface area contributed by atoms with Gasteiger partial charge >= 0.3 is 5.97 Å². The van der Waals surface area contributed by atoms with Gasteiger partial charge in [0, 0.05) is 5.56 Å². The molecule has 0 saturated heterocycles. The molecule has 4 heteroatoms. The molecule has 104 valence electrons. The largest absolute Gasteiger partial charge is 0.467 e. The zero-order valence-electron chi connectivity index (χ0n) is 12.1.